The van der Waals surface area contributed by atoms with E-state index in [-0.39, 0.29) is 18.1 Å². The Morgan fingerprint density at radius 3 is 2.47 bits per heavy atom. The molecule has 19 heavy (non-hydrogen) atoms. The van der Waals surface area contributed by atoms with Gasteiger partial charge in [-0.2, -0.15) is 0 Å². The zero-order valence-corrected chi connectivity index (χ0v) is 11.5. The number of aromatic nitrogens is 1. The summed E-state index contributed by atoms with van der Waals surface area (Å²) in [7, 11) is 1.75. The number of carboxylic acids is 1. The molecule has 0 saturated heterocycles. The Balaban J connectivity index is 2.78. The van der Waals surface area contributed by atoms with Gasteiger partial charge in [0.25, 0.3) is 0 Å². The van der Waals surface area contributed by atoms with Gasteiger partial charge in [0, 0.05) is 32.0 Å². The molecule has 0 radical (unpaired) electrons. The number of pyridine rings is 1. The summed E-state index contributed by atoms with van der Waals surface area (Å²) in [6.45, 7) is 5.40. The fourth-order valence-corrected chi connectivity index (χ4v) is 1.74. The van der Waals surface area contributed by atoms with Crippen LogP contribution in [0, 0.1) is 0 Å². The Morgan fingerprint density at radius 2 is 1.95 bits per heavy atom. The molecule has 0 aliphatic heterocycles. The van der Waals surface area contributed by atoms with Crippen molar-refractivity contribution in [2.75, 3.05) is 31.6 Å². The standard InChI is InChI=1S/C13H19N3O3/c1-4-16(5-2)12(17)9-15(3)10-6-7-14-11(8-10)13(18)19/h6-8H,4-5,9H2,1-3H3,(H,18,19). The number of amides is 1. The van der Waals surface area contributed by atoms with Crippen LogP contribution in [0.15, 0.2) is 18.3 Å². The minimum atomic E-state index is -1.08. The fraction of sp³-hybridized carbons (Fsp3) is 0.462. The number of nitrogens with zero attached hydrogens (tertiary/aromatic N) is 3. The molecule has 6 heteroatoms. The lowest BCUT2D eigenvalue weighted by atomic mass is 10.3. The zero-order valence-electron chi connectivity index (χ0n) is 11.5. The van der Waals surface area contributed by atoms with E-state index in [4.69, 9.17) is 5.11 Å². The highest BCUT2D eigenvalue weighted by atomic mass is 16.4. The minimum absolute atomic E-state index is 0.0150. The van der Waals surface area contributed by atoms with Gasteiger partial charge in [-0.1, -0.05) is 0 Å². The van der Waals surface area contributed by atoms with E-state index in [1.807, 2.05) is 13.8 Å². The molecule has 1 aromatic heterocycles. The SMILES string of the molecule is CCN(CC)C(=O)CN(C)c1ccnc(C(=O)O)c1. The van der Waals surface area contributed by atoms with Crippen molar-refractivity contribution in [3.8, 4) is 0 Å². The number of carbonyl (C=O) groups excluding carboxylic acids is 1. The summed E-state index contributed by atoms with van der Waals surface area (Å²) in [6, 6.07) is 3.14. The number of anilines is 1. The van der Waals surface area contributed by atoms with Gasteiger partial charge in [-0.25, -0.2) is 9.78 Å². The Kier molecular flexibility index (Phi) is 5.29. The molecular weight excluding hydrogens is 246 g/mol. The smallest absolute Gasteiger partial charge is 0.354 e. The maximum atomic E-state index is 12.0. The lowest BCUT2D eigenvalue weighted by Crippen LogP contribution is -2.38. The van der Waals surface area contributed by atoms with Gasteiger partial charge in [0.15, 0.2) is 0 Å². The van der Waals surface area contributed by atoms with Crippen molar-refractivity contribution in [1.29, 1.82) is 0 Å². The first-order valence-corrected chi connectivity index (χ1v) is 6.17. The quantitative estimate of drug-likeness (QED) is 0.833. The van der Waals surface area contributed by atoms with E-state index >= 15 is 0 Å². The molecule has 104 valence electrons. The molecule has 0 fully saturated rings. The van der Waals surface area contributed by atoms with E-state index in [1.54, 1.807) is 22.9 Å². The van der Waals surface area contributed by atoms with E-state index < -0.39 is 5.97 Å². The van der Waals surface area contributed by atoms with Crippen LogP contribution in [0.1, 0.15) is 24.3 Å². The highest BCUT2D eigenvalue weighted by Crippen LogP contribution is 2.13. The molecule has 1 rings (SSSR count). The number of hydrogen-bond donors (Lipinski definition) is 1. The fourth-order valence-electron chi connectivity index (χ4n) is 1.74. The maximum absolute atomic E-state index is 12.0. The minimum Gasteiger partial charge on any atom is -0.477 e. The van der Waals surface area contributed by atoms with Crippen LogP contribution in [0.2, 0.25) is 0 Å². The number of carboxylic acid groups (broad SMARTS) is 1. The van der Waals surface area contributed by atoms with Crippen molar-refractivity contribution in [2.45, 2.75) is 13.8 Å². The molecule has 1 heterocycles. The Labute approximate surface area is 112 Å². The summed E-state index contributed by atoms with van der Waals surface area (Å²) in [5.41, 5.74) is 0.632. The molecule has 0 aliphatic carbocycles. The van der Waals surface area contributed by atoms with Gasteiger partial charge >= 0.3 is 5.97 Å². The average Bonchev–Trinajstić information content (AvgIpc) is 2.40. The van der Waals surface area contributed by atoms with Gasteiger partial charge in [0.05, 0.1) is 6.54 Å². The first-order valence-electron chi connectivity index (χ1n) is 6.17. The highest BCUT2D eigenvalue weighted by molar-refractivity contribution is 5.87. The predicted octanol–water partition coefficient (Wildman–Crippen LogP) is 1.08. The Bertz CT molecular complexity index is 458. The molecule has 1 N–H and O–H groups in total. The van der Waals surface area contributed by atoms with Gasteiger partial charge in [-0.15, -0.1) is 0 Å². The summed E-state index contributed by atoms with van der Waals surface area (Å²) in [6.07, 6.45) is 1.43. The lowest BCUT2D eigenvalue weighted by Gasteiger charge is -2.24. The molecule has 0 spiro atoms. The molecule has 6 nitrogen and oxygen atoms in total. The number of hydrogen-bond acceptors (Lipinski definition) is 4. The maximum Gasteiger partial charge on any atom is 0.354 e. The number of carbonyl (C=O) groups is 2. The van der Waals surface area contributed by atoms with Gasteiger partial charge in [-0.05, 0) is 26.0 Å². The van der Waals surface area contributed by atoms with Gasteiger partial charge < -0.3 is 14.9 Å². The molecule has 0 bridgehead atoms. The van der Waals surface area contributed by atoms with E-state index in [0.29, 0.717) is 18.8 Å². The number of aromatic carboxylic acids is 1. The van der Waals surface area contributed by atoms with Crippen molar-refractivity contribution in [3.05, 3.63) is 24.0 Å². The second-order valence-electron chi connectivity index (χ2n) is 4.13. The van der Waals surface area contributed by atoms with Crippen LogP contribution in [-0.2, 0) is 4.79 Å². The lowest BCUT2D eigenvalue weighted by molar-refractivity contribution is -0.129. The van der Waals surface area contributed by atoms with Gasteiger partial charge in [0.1, 0.15) is 5.69 Å². The molecule has 0 saturated carbocycles. The van der Waals surface area contributed by atoms with Crippen molar-refractivity contribution < 1.29 is 14.7 Å². The molecule has 0 atom stereocenters. The Morgan fingerprint density at radius 1 is 1.32 bits per heavy atom. The van der Waals surface area contributed by atoms with E-state index in [9.17, 15) is 9.59 Å². The van der Waals surface area contributed by atoms with Crippen LogP contribution in [-0.4, -0.2) is 53.5 Å². The van der Waals surface area contributed by atoms with Crippen LogP contribution in [0.25, 0.3) is 0 Å². The molecule has 0 aromatic carbocycles. The van der Waals surface area contributed by atoms with Gasteiger partial charge in [-0.3, -0.25) is 4.79 Å². The van der Waals surface area contributed by atoms with Crippen molar-refractivity contribution >= 4 is 17.6 Å². The predicted molar refractivity (Wildman–Crippen MR) is 72.4 cm³/mol. The number of rotatable bonds is 6. The number of likely N-dealkylation sites (N-methyl/N-ethyl adjacent to an activating group) is 2. The molecule has 1 amide bonds. The van der Waals surface area contributed by atoms with Crippen LogP contribution in [0.5, 0.6) is 0 Å². The van der Waals surface area contributed by atoms with Crippen LogP contribution < -0.4 is 4.90 Å². The average molecular weight is 265 g/mol. The third kappa shape index (κ3) is 3.94. The molecule has 1 aromatic rings. The summed E-state index contributed by atoms with van der Waals surface area (Å²) < 4.78 is 0. The molecular formula is C13H19N3O3. The summed E-state index contributed by atoms with van der Waals surface area (Å²) >= 11 is 0. The van der Waals surface area contributed by atoms with E-state index in [0.717, 1.165) is 0 Å². The third-order valence-electron chi connectivity index (χ3n) is 2.89. The van der Waals surface area contributed by atoms with E-state index in [1.165, 1.54) is 12.3 Å². The first-order chi connectivity index (χ1) is 8.99. The summed E-state index contributed by atoms with van der Waals surface area (Å²) in [5, 5.41) is 8.88. The highest BCUT2D eigenvalue weighted by Gasteiger charge is 2.14. The van der Waals surface area contributed by atoms with Gasteiger partial charge in [0.2, 0.25) is 5.91 Å². The molecule has 0 aliphatic rings. The van der Waals surface area contributed by atoms with Crippen molar-refractivity contribution in [3.63, 3.8) is 0 Å². The first kappa shape index (κ1) is 14.9. The Hall–Kier alpha value is -2.11. The normalized spacial score (nSPS) is 10.1. The molecule has 0 unspecified atom stereocenters. The van der Waals surface area contributed by atoms with Crippen LogP contribution >= 0.6 is 0 Å². The topological polar surface area (TPSA) is 73.7 Å². The third-order valence-corrected chi connectivity index (χ3v) is 2.89. The summed E-state index contributed by atoms with van der Waals surface area (Å²) in [5.74, 6) is -1.06. The van der Waals surface area contributed by atoms with E-state index in [2.05, 4.69) is 4.98 Å². The summed E-state index contributed by atoms with van der Waals surface area (Å²) in [4.78, 5) is 30.0. The zero-order chi connectivity index (χ0) is 14.4. The van der Waals surface area contributed by atoms with Crippen LogP contribution in [0.3, 0.4) is 0 Å². The second-order valence-corrected chi connectivity index (χ2v) is 4.13. The largest absolute Gasteiger partial charge is 0.477 e. The second kappa shape index (κ2) is 6.72. The van der Waals surface area contributed by atoms with Crippen LogP contribution in [0.4, 0.5) is 5.69 Å². The monoisotopic (exact) mass is 265 g/mol. The van der Waals surface area contributed by atoms with Crippen molar-refractivity contribution in [2.24, 2.45) is 0 Å². The van der Waals surface area contributed by atoms with Crippen molar-refractivity contribution in [1.82, 2.24) is 9.88 Å².